The van der Waals surface area contributed by atoms with E-state index in [1.807, 2.05) is 12.1 Å². The molecule has 0 aromatic heterocycles. The second-order valence-electron chi connectivity index (χ2n) is 6.18. The molecule has 20 heavy (non-hydrogen) atoms. The van der Waals surface area contributed by atoms with Crippen LogP contribution >= 0.6 is 15.9 Å². The number of aldehydes is 1. The van der Waals surface area contributed by atoms with Gasteiger partial charge in [-0.2, -0.15) is 0 Å². The van der Waals surface area contributed by atoms with E-state index in [1.54, 1.807) is 7.11 Å². The van der Waals surface area contributed by atoms with Gasteiger partial charge in [0.05, 0.1) is 6.10 Å². The number of rotatable bonds is 2. The Morgan fingerprint density at radius 2 is 2.10 bits per heavy atom. The minimum Gasteiger partial charge on any atom is -0.381 e. The molecular formula is C16H20BrNO2. The largest absolute Gasteiger partial charge is 0.381 e. The molecule has 3 rings (SSSR count). The summed E-state index contributed by atoms with van der Waals surface area (Å²) >= 11 is 3.49. The maximum absolute atomic E-state index is 11.9. The van der Waals surface area contributed by atoms with Crippen LogP contribution in [0.5, 0.6) is 0 Å². The topological polar surface area (TPSA) is 52.3 Å². The number of carbonyl (C=O) groups is 1. The van der Waals surface area contributed by atoms with Crippen molar-refractivity contribution in [3.8, 4) is 0 Å². The molecule has 0 bridgehead atoms. The zero-order chi connectivity index (χ0) is 14.4. The molecule has 1 fully saturated rings. The van der Waals surface area contributed by atoms with Crippen molar-refractivity contribution in [3.63, 3.8) is 0 Å². The summed E-state index contributed by atoms with van der Waals surface area (Å²) in [6, 6.07) is 6.15. The third-order valence-corrected chi connectivity index (χ3v) is 5.83. The quantitative estimate of drug-likeness (QED) is 0.844. The second kappa shape index (κ2) is 4.93. The minimum absolute atomic E-state index is 0.132. The van der Waals surface area contributed by atoms with Crippen LogP contribution < -0.4 is 5.73 Å². The predicted octanol–water partition coefficient (Wildman–Crippen LogP) is 2.93. The van der Waals surface area contributed by atoms with Gasteiger partial charge in [-0.3, -0.25) is 0 Å². The standard InChI is InChI=1S/C16H20BrNO2/c1-20-13-4-6-15(7-5-13)9-11-2-3-12(17)8-14(11)16(15,18)10-19/h2-3,8,10,13H,4-7,9,18H2,1H3. The Morgan fingerprint density at radius 3 is 2.70 bits per heavy atom. The fourth-order valence-electron chi connectivity index (χ4n) is 4.04. The number of methoxy groups -OCH3 is 1. The molecular weight excluding hydrogens is 318 g/mol. The first-order valence-electron chi connectivity index (χ1n) is 7.11. The van der Waals surface area contributed by atoms with Crippen LogP contribution in [0.15, 0.2) is 22.7 Å². The molecule has 0 saturated heterocycles. The van der Waals surface area contributed by atoms with Gasteiger partial charge in [0.2, 0.25) is 0 Å². The Balaban J connectivity index is 2.01. The highest BCUT2D eigenvalue weighted by Gasteiger charge is 2.56. The SMILES string of the molecule is COC1CCC2(CC1)Cc1ccc(Br)cc1C2(N)C=O. The van der Waals surface area contributed by atoms with Crippen molar-refractivity contribution in [1.82, 2.24) is 0 Å². The van der Waals surface area contributed by atoms with Crippen LogP contribution in [0.25, 0.3) is 0 Å². The van der Waals surface area contributed by atoms with Crippen molar-refractivity contribution in [2.24, 2.45) is 11.1 Å². The molecule has 1 atom stereocenters. The molecule has 2 aliphatic carbocycles. The van der Waals surface area contributed by atoms with E-state index in [1.165, 1.54) is 5.56 Å². The van der Waals surface area contributed by atoms with Crippen LogP contribution in [-0.2, 0) is 21.5 Å². The first-order valence-corrected chi connectivity index (χ1v) is 7.91. The Kier molecular flexibility index (Phi) is 3.51. The van der Waals surface area contributed by atoms with Gasteiger partial charge in [0.15, 0.2) is 0 Å². The van der Waals surface area contributed by atoms with Gasteiger partial charge >= 0.3 is 0 Å². The van der Waals surface area contributed by atoms with Crippen molar-refractivity contribution in [2.45, 2.75) is 43.7 Å². The highest BCUT2D eigenvalue weighted by molar-refractivity contribution is 9.10. The summed E-state index contributed by atoms with van der Waals surface area (Å²) in [5.41, 5.74) is 7.84. The molecule has 1 unspecified atom stereocenters. The van der Waals surface area contributed by atoms with Crippen LogP contribution in [0.4, 0.5) is 0 Å². The summed E-state index contributed by atoms with van der Waals surface area (Å²) in [6.45, 7) is 0. The monoisotopic (exact) mass is 337 g/mol. The van der Waals surface area contributed by atoms with Crippen LogP contribution in [0.3, 0.4) is 0 Å². The summed E-state index contributed by atoms with van der Waals surface area (Å²) in [5.74, 6) is 0. The maximum atomic E-state index is 11.9. The molecule has 108 valence electrons. The summed E-state index contributed by atoms with van der Waals surface area (Å²) in [5, 5.41) is 0. The van der Waals surface area contributed by atoms with Gasteiger partial charge in [0.25, 0.3) is 0 Å². The lowest BCUT2D eigenvalue weighted by atomic mass is 9.62. The molecule has 4 heteroatoms. The fraction of sp³-hybridized carbons (Fsp3) is 0.562. The molecule has 1 aromatic rings. The summed E-state index contributed by atoms with van der Waals surface area (Å²) < 4.78 is 6.44. The highest BCUT2D eigenvalue weighted by atomic mass is 79.9. The number of ether oxygens (including phenoxy) is 1. The Bertz CT molecular complexity index is 537. The van der Waals surface area contributed by atoms with Gasteiger partial charge in [-0.25, -0.2) is 0 Å². The fourth-order valence-corrected chi connectivity index (χ4v) is 4.40. The Labute approximate surface area is 128 Å². The molecule has 0 heterocycles. The van der Waals surface area contributed by atoms with E-state index in [4.69, 9.17) is 10.5 Å². The molecule has 1 aromatic carbocycles. The number of halogens is 1. The van der Waals surface area contributed by atoms with Gasteiger partial charge < -0.3 is 15.3 Å². The van der Waals surface area contributed by atoms with Crippen molar-refractivity contribution in [2.75, 3.05) is 7.11 Å². The normalized spacial score (nSPS) is 36.0. The summed E-state index contributed by atoms with van der Waals surface area (Å²) in [6.07, 6.45) is 6.06. The molecule has 2 aliphatic rings. The first kappa shape index (κ1) is 14.2. The number of benzene rings is 1. The van der Waals surface area contributed by atoms with Gasteiger partial charge in [0, 0.05) is 17.0 Å². The Hall–Kier alpha value is -0.710. The lowest BCUT2D eigenvalue weighted by Crippen LogP contribution is -2.53. The molecule has 0 amide bonds. The number of hydrogen-bond acceptors (Lipinski definition) is 3. The second-order valence-corrected chi connectivity index (χ2v) is 7.10. The van der Waals surface area contributed by atoms with Crippen LogP contribution in [0.2, 0.25) is 0 Å². The van der Waals surface area contributed by atoms with Crippen LogP contribution in [0, 0.1) is 5.41 Å². The summed E-state index contributed by atoms with van der Waals surface area (Å²) in [4.78, 5) is 11.9. The lowest BCUT2D eigenvalue weighted by Gasteiger charge is -2.45. The van der Waals surface area contributed by atoms with Gasteiger partial charge in [-0.1, -0.05) is 22.0 Å². The van der Waals surface area contributed by atoms with Gasteiger partial charge in [-0.15, -0.1) is 0 Å². The Morgan fingerprint density at radius 1 is 1.40 bits per heavy atom. The van der Waals surface area contributed by atoms with Gasteiger partial charge in [0.1, 0.15) is 11.8 Å². The molecule has 3 nitrogen and oxygen atoms in total. The number of fused-ring (bicyclic) bond motifs is 1. The van der Waals surface area contributed by atoms with E-state index in [0.717, 1.165) is 48.4 Å². The van der Waals surface area contributed by atoms with E-state index in [2.05, 4.69) is 22.0 Å². The minimum atomic E-state index is -0.856. The zero-order valence-corrected chi connectivity index (χ0v) is 13.3. The van der Waals surface area contributed by atoms with Crippen LogP contribution in [-0.4, -0.2) is 19.5 Å². The summed E-state index contributed by atoms with van der Waals surface area (Å²) in [7, 11) is 1.76. The van der Waals surface area contributed by atoms with Crippen molar-refractivity contribution in [1.29, 1.82) is 0 Å². The van der Waals surface area contributed by atoms with Gasteiger partial charge in [-0.05, 0) is 55.4 Å². The first-order chi connectivity index (χ1) is 9.54. The van der Waals surface area contributed by atoms with Crippen molar-refractivity contribution < 1.29 is 9.53 Å². The van der Waals surface area contributed by atoms with E-state index in [-0.39, 0.29) is 5.41 Å². The maximum Gasteiger partial charge on any atom is 0.144 e. The van der Waals surface area contributed by atoms with E-state index in [9.17, 15) is 4.79 Å². The van der Waals surface area contributed by atoms with Crippen molar-refractivity contribution in [3.05, 3.63) is 33.8 Å². The lowest BCUT2D eigenvalue weighted by molar-refractivity contribution is -0.119. The molecule has 0 radical (unpaired) electrons. The molecule has 0 aliphatic heterocycles. The number of hydrogen-bond donors (Lipinski definition) is 1. The average molecular weight is 338 g/mol. The van der Waals surface area contributed by atoms with Crippen molar-refractivity contribution >= 4 is 22.2 Å². The van der Waals surface area contributed by atoms with Crippen LogP contribution in [0.1, 0.15) is 36.8 Å². The molecule has 2 N–H and O–H groups in total. The predicted molar refractivity (Wildman–Crippen MR) is 81.5 cm³/mol. The zero-order valence-electron chi connectivity index (χ0n) is 11.7. The smallest absolute Gasteiger partial charge is 0.144 e. The number of carbonyl (C=O) groups excluding carboxylic acids is 1. The third-order valence-electron chi connectivity index (χ3n) is 5.33. The van der Waals surface area contributed by atoms with E-state index in [0.29, 0.717) is 6.10 Å². The highest BCUT2D eigenvalue weighted by Crippen LogP contribution is 2.56. The molecule has 1 saturated carbocycles. The molecule has 1 spiro atoms. The average Bonchev–Trinajstić information content (AvgIpc) is 2.70. The third kappa shape index (κ3) is 1.89. The van der Waals surface area contributed by atoms with E-state index >= 15 is 0 Å². The number of nitrogens with two attached hydrogens (primary N) is 1. The van der Waals surface area contributed by atoms with E-state index < -0.39 is 5.54 Å².